The number of halogens is 4. The Balaban J connectivity index is 4.01. The molecule has 0 rings (SSSR count). The lowest BCUT2D eigenvalue weighted by Crippen LogP contribution is -2.39. The molecule has 0 atom stereocenters. The maximum atomic E-state index is 12.0. The molecule has 9 heavy (non-hydrogen) atoms. The molecule has 0 aromatic rings. The summed E-state index contributed by atoms with van der Waals surface area (Å²) in [7, 11) is -2.19. The van der Waals surface area contributed by atoms with Gasteiger partial charge in [-0.25, -0.2) is 17.6 Å². The van der Waals surface area contributed by atoms with Gasteiger partial charge in [0.2, 0.25) is 0 Å². The van der Waals surface area contributed by atoms with Crippen LogP contribution in [-0.2, 0) is 0 Å². The van der Waals surface area contributed by atoms with Crippen molar-refractivity contribution in [3.63, 3.8) is 0 Å². The van der Waals surface area contributed by atoms with Crippen LogP contribution in [0.5, 0.6) is 0 Å². The molecule has 0 aromatic carbocycles. The van der Waals surface area contributed by atoms with Gasteiger partial charge in [-0.1, -0.05) is 13.1 Å². The van der Waals surface area contributed by atoms with Crippen molar-refractivity contribution < 1.29 is 17.6 Å². The molecule has 1 radical (unpaired) electrons. The summed E-state index contributed by atoms with van der Waals surface area (Å²) in [6.07, 6.45) is -3.50. The van der Waals surface area contributed by atoms with Crippen molar-refractivity contribution in [1.82, 2.24) is 0 Å². The van der Waals surface area contributed by atoms with Crippen molar-refractivity contribution in [2.24, 2.45) is 0 Å². The Bertz CT molecular complexity index is 80.6. The zero-order valence-electron chi connectivity index (χ0n) is 5.09. The second-order valence-corrected chi connectivity index (χ2v) is 4.59. The van der Waals surface area contributed by atoms with Crippen LogP contribution >= 0.6 is 0 Å². The lowest BCUT2D eigenvalue weighted by atomic mass is 10.7. The molecule has 0 spiro atoms. The van der Waals surface area contributed by atoms with E-state index in [9.17, 15) is 17.6 Å². The van der Waals surface area contributed by atoms with E-state index in [-0.39, 0.29) is 0 Å². The summed E-state index contributed by atoms with van der Waals surface area (Å²) in [5.74, 6) is 0. The molecule has 0 N–H and O–H groups in total. The van der Waals surface area contributed by atoms with Crippen LogP contribution in [0.1, 0.15) is 0 Å². The minimum absolute atomic E-state index is 1.16. The lowest BCUT2D eigenvalue weighted by Gasteiger charge is -2.17. The minimum Gasteiger partial charge on any atom is -0.206 e. The molecular weight excluding hydrogens is 152 g/mol. The highest BCUT2D eigenvalue weighted by Gasteiger charge is 2.44. The van der Waals surface area contributed by atoms with Crippen LogP contribution in [0.3, 0.4) is 0 Å². The zero-order valence-corrected chi connectivity index (χ0v) is 6.09. The number of hydrogen-bond donors (Lipinski definition) is 0. The summed E-state index contributed by atoms with van der Waals surface area (Å²) in [5, 5.41) is 0. The first-order valence-electron chi connectivity index (χ1n) is 2.35. The molecule has 0 fully saturated rings. The molecule has 0 aliphatic carbocycles. The number of alkyl halides is 4. The molecule has 0 heterocycles. The second-order valence-electron chi connectivity index (χ2n) is 1.92. The van der Waals surface area contributed by atoms with Crippen molar-refractivity contribution in [1.29, 1.82) is 0 Å². The molecule has 0 unspecified atom stereocenters. The second kappa shape index (κ2) is 2.68. The van der Waals surface area contributed by atoms with E-state index in [2.05, 4.69) is 0 Å². The van der Waals surface area contributed by atoms with E-state index in [1.54, 1.807) is 0 Å². The summed E-state index contributed by atoms with van der Waals surface area (Å²) in [5.41, 5.74) is -3.73. The van der Waals surface area contributed by atoms with Crippen molar-refractivity contribution in [3.05, 3.63) is 0 Å². The molecule has 5 heteroatoms. The predicted octanol–water partition coefficient (Wildman–Crippen LogP) is 2.18. The fourth-order valence-electron chi connectivity index (χ4n) is 0.218. The number of rotatable bonds is 2. The van der Waals surface area contributed by atoms with E-state index in [4.69, 9.17) is 0 Å². The molecule has 0 aliphatic rings. The molecule has 0 aromatic heterocycles. The summed E-state index contributed by atoms with van der Waals surface area (Å²) in [6.45, 7) is 2.33. The van der Waals surface area contributed by atoms with Gasteiger partial charge in [-0.15, -0.1) is 0 Å². The third kappa shape index (κ3) is 1.96. The van der Waals surface area contributed by atoms with Crippen LogP contribution in [0.2, 0.25) is 13.1 Å². The van der Waals surface area contributed by atoms with E-state index in [0.29, 0.717) is 0 Å². The third-order valence-corrected chi connectivity index (χ3v) is 2.49. The van der Waals surface area contributed by atoms with Crippen LogP contribution in [0.15, 0.2) is 0 Å². The maximum Gasteiger partial charge on any atom is 0.296 e. The van der Waals surface area contributed by atoms with E-state index in [1.165, 1.54) is 0 Å². The highest BCUT2D eigenvalue weighted by atomic mass is 28.3. The van der Waals surface area contributed by atoms with Gasteiger partial charge in [0.25, 0.3) is 12.0 Å². The quantitative estimate of drug-likeness (QED) is 0.428. The minimum atomic E-state index is -3.73. The summed E-state index contributed by atoms with van der Waals surface area (Å²) in [6, 6.07) is 0. The summed E-state index contributed by atoms with van der Waals surface area (Å²) >= 11 is 0. The highest BCUT2D eigenvalue weighted by molar-refractivity contribution is 6.58. The summed E-state index contributed by atoms with van der Waals surface area (Å²) in [4.78, 5) is 0. The van der Waals surface area contributed by atoms with Gasteiger partial charge in [0.15, 0.2) is 0 Å². The standard InChI is InChI=1S/C4H7F4Si/c1-9(2)4(7,8)3(5)6/h3H,1-2H3. The van der Waals surface area contributed by atoms with Gasteiger partial charge in [0.1, 0.15) is 8.80 Å². The molecule has 0 saturated carbocycles. The van der Waals surface area contributed by atoms with Gasteiger partial charge in [-0.2, -0.15) is 0 Å². The van der Waals surface area contributed by atoms with Crippen LogP contribution in [-0.4, -0.2) is 20.8 Å². The van der Waals surface area contributed by atoms with Crippen LogP contribution in [0, 0.1) is 0 Å². The highest BCUT2D eigenvalue weighted by Crippen LogP contribution is 2.25. The zero-order chi connectivity index (χ0) is 7.65. The van der Waals surface area contributed by atoms with Gasteiger partial charge < -0.3 is 0 Å². The monoisotopic (exact) mass is 159 g/mol. The average Bonchev–Trinajstić information content (AvgIpc) is 1.65. The topological polar surface area (TPSA) is 0 Å². The van der Waals surface area contributed by atoms with Crippen molar-refractivity contribution in [2.45, 2.75) is 25.1 Å². The van der Waals surface area contributed by atoms with Crippen LogP contribution in [0.4, 0.5) is 17.6 Å². The lowest BCUT2D eigenvalue weighted by molar-refractivity contribution is -0.0690. The first-order chi connectivity index (χ1) is 3.89. The normalized spacial score (nSPS) is 13.3. The molecule has 0 saturated heterocycles. The Morgan fingerprint density at radius 3 is 1.56 bits per heavy atom. The fraction of sp³-hybridized carbons (Fsp3) is 1.00. The van der Waals surface area contributed by atoms with Gasteiger partial charge >= 0.3 is 0 Å². The molecule has 55 valence electrons. The van der Waals surface area contributed by atoms with Gasteiger partial charge in [0, 0.05) is 0 Å². The maximum absolute atomic E-state index is 12.0. The van der Waals surface area contributed by atoms with Gasteiger partial charge in [-0.3, -0.25) is 0 Å². The van der Waals surface area contributed by atoms with Crippen LogP contribution in [0.25, 0.3) is 0 Å². The predicted molar refractivity (Wildman–Crippen MR) is 28.4 cm³/mol. The van der Waals surface area contributed by atoms with Gasteiger partial charge in [0.05, 0.1) is 0 Å². The van der Waals surface area contributed by atoms with E-state index < -0.39 is 20.8 Å². The largest absolute Gasteiger partial charge is 0.296 e. The molecule has 0 aliphatic heterocycles. The Morgan fingerprint density at radius 2 is 1.56 bits per heavy atom. The van der Waals surface area contributed by atoms with Crippen LogP contribution < -0.4 is 0 Å². The Hall–Kier alpha value is -0.0631. The van der Waals surface area contributed by atoms with E-state index >= 15 is 0 Å². The first kappa shape index (κ1) is 8.94. The van der Waals surface area contributed by atoms with Crippen molar-refractivity contribution in [3.8, 4) is 0 Å². The first-order valence-corrected chi connectivity index (χ1v) is 4.85. The van der Waals surface area contributed by atoms with Crippen molar-refractivity contribution >= 4 is 8.80 Å². The van der Waals surface area contributed by atoms with Crippen molar-refractivity contribution in [2.75, 3.05) is 0 Å². The molecule has 0 amide bonds. The number of hydrogen-bond acceptors (Lipinski definition) is 0. The Morgan fingerprint density at radius 1 is 1.22 bits per heavy atom. The van der Waals surface area contributed by atoms with E-state index in [1.807, 2.05) is 0 Å². The third-order valence-electron chi connectivity index (χ3n) is 0.941. The van der Waals surface area contributed by atoms with E-state index in [0.717, 1.165) is 13.1 Å². The smallest absolute Gasteiger partial charge is 0.206 e. The molecular formula is C4H7F4Si. The molecule has 0 bridgehead atoms. The SMILES string of the molecule is C[Si](C)C(F)(F)C(F)F. The molecule has 0 nitrogen and oxygen atoms in total. The average molecular weight is 159 g/mol. The van der Waals surface area contributed by atoms with Gasteiger partial charge in [-0.05, 0) is 0 Å². The Labute approximate surface area is 52.5 Å². The summed E-state index contributed by atoms with van der Waals surface area (Å²) < 4.78 is 46.6. The Kier molecular flexibility index (Phi) is 2.66. The fourth-order valence-corrected chi connectivity index (χ4v) is 0.655.